The van der Waals surface area contributed by atoms with Crippen LogP contribution in [0.25, 0.3) is 16.8 Å². The van der Waals surface area contributed by atoms with Crippen LogP contribution in [0.4, 0.5) is 0 Å². The quantitative estimate of drug-likeness (QED) is 0.760. The van der Waals surface area contributed by atoms with Crippen molar-refractivity contribution in [3.8, 4) is 0 Å². The lowest BCUT2D eigenvalue weighted by Crippen LogP contribution is -2.01. The smallest absolute Gasteiger partial charge is 0.309 e. The molecule has 0 fully saturated rings. The number of carbonyl (C=O) groups is 1. The van der Waals surface area contributed by atoms with Gasteiger partial charge in [-0.15, -0.1) is 0 Å². The van der Waals surface area contributed by atoms with E-state index in [0.717, 1.165) is 5.52 Å². The second-order valence-corrected chi connectivity index (χ2v) is 5.00. The molecule has 2 aromatic heterocycles. The van der Waals surface area contributed by atoms with Crippen LogP contribution >= 0.6 is 27.5 Å². The average molecular weight is 329 g/mol. The van der Waals surface area contributed by atoms with E-state index in [1.165, 1.54) is 0 Å². The topological polar surface area (TPSA) is 70.4 Å². The average Bonchev–Trinajstić information content (AvgIpc) is 2.79. The zero-order valence-corrected chi connectivity index (χ0v) is 11.3. The summed E-state index contributed by atoms with van der Waals surface area (Å²) in [6.45, 7) is 0. The van der Waals surface area contributed by atoms with Gasteiger partial charge in [-0.3, -0.25) is 9.20 Å². The summed E-state index contributed by atoms with van der Waals surface area (Å²) in [6, 6.07) is 5.47. The minimum Gasteiger partial charge on any atom is -0.481 e. The SMILES string of the molecule is O=C(O)Cc1[nH]c2nc3c(Cl)cccc3n2c1Br. The number of fused-ring (bicyclic) bond motifs is 3. The van der Waals surface area contributed by atoms with Crippen LogP contribution in [-0.4, -0.2) is 25.4 Å². The first-order valence-electron chi connectivity index (χ1n) is 5.12. The highest BCUT2D eigenvalue weighted by Crippen LogP contribution is 2.28. The zero-order valence-electron chi connectivity index (χ0n) is 8.94. The lowest BCUT2D eigenvalue weighted by Gasteiger charge is -1.96. The van der Waals surface area contributed by atoms with Gasteiger partial charge in [0.25, 0.3) is 0 Å². The summed E-state index contributed by atoms with van der Waals surface area (Å²) in [6.07, 6.45) is -0.0913. The highest BCUT2D eigenvalue weighted by molar-refractivity contribution is 9.10. The van der Waals surface area contributed by atoms with E-state index in [1.54, 1.807) is 10.5 Å². The number of rotatable bonds is 2. The minimum atomic E-state index is -0.900. The lowest BCUT2D eigenvalue weighted by atomic mass is 10.3. The summed E-state index contributed by atoms with van der Waals surface area (Å²) >= 11 is 9.45. The molecule has 3 aromatic rings. The molecule has 2 N–H and O–H groups in total. The van der Waals surface area contributed by atoms with Gasteiger partial charge >= 0.3 is 5.97 Å². The standard InChI is InChI=1S/C11H7BrClN3O2/c12-10-6(4-8(17)18)14-11-15-9-5(13)2-1-3-7(9)16(10)11/h1-3H,4H2,(H,14,15)(H,17,18). The summed E-state index contributed by atoms with van der Waals surface area (Å²) in [5.74, 6) is -0.330. The Bertz CT molecular complexity index is 777. The molecule has 0 saturated heterocycles. The van der Waals surface area contributed by atoms with Gasteiger partial charge in [0.1, 0.15) is 10.1 Å². The molecular weight excluding hydrogens is 321 g/mol. The van der Waals surface area contributed by atoms with Gasteiger partial charge in [0.05, 0.1) is 22.7 Å². The van der Waals surface area contributed by atoms with Crippen molar-refractivity contribution in [3.63, 3.8) is 0 Å². The molecule has 2 heterocycles. The van der Waals surface area contributed by atoms with Crippen LogP contribution in [-0.2, 0) is 11.2 Å². The molecule has 5 nitrogen and oxygen atoms in total. The number of halogens is 2. The normalized spacial score (nSPS) is 11.4. The van der Waals surface area contributed by atoms with Crippen LogP contribution in [0.1, 0.15) is 5.69 Å². The molecule has 1 aromatic carbocycles. The number of carboxylic acids is 1. The Morgan fingerprint density at radius 1 is 1.56 bits per heavy atom. The number of nitrogens with one attached hydrogen (secondary N) is 1. The monoisotopic (exact) mass is 327 g/mol. The number of hydrogen-bond donors (Lipinski definition) is 2. The molecule has 0 aliphatic rings. The van der Waals surface area contributed by atoms with Crippen LogP contribution in [0, 0.1) is 0 Å². The van der Waals surface area contributed by atoms with E-state index in [4.69, 9.17) is 16.7 Å². The summed E-state index contributed by atoms with van der Waals surface area (Å²) in [7, 11) is 0. The van der Waals surface area contributed by atoms with E-state index in [1.807, 2.05) is 12.1 Å². The third kappa shape index (κ3) is 1.60. The first-order valence-corrected chi connectivity index (χ1v) is 6.30. The predicted molar refractivity (Wildman–Crippen MR) is 71.1 cm³/mol. The van der Waals surface area contributed by atoms with E-state index >= 15 is 0 Å². The molecule has 0 radical (unpaired) electrons. The van der Waals surface area contributed by atoms with Gasteiger partial charge in [0, 0.05) is 0 Å². The van der Waals surface area contributed by atoms with Gasteiger partial charge in [0.15, 0.2) is 0 Å². The van der Waals surface area contributed by atoms with Crippen LogP contribution in [0.3, 0.4) is 0 Å². The Kier molecular flexibility index (Phi) is 2.57. The highest BCUT2D eigenvalue weighted by Gasteiger charge is 2.16. The minimum absolute atomic E-state index is 0.0913. The Morgan fingerprint density at radius 2 is 2.33 bits per heavy atom. The second-order valence-electron chi connectivity index (χ2n) is 3.84. The summed E-state index contributed by atoms with van der Waals surface area (Å²) < 4.78 is 2.46. The Balaban J connectivity index is 2.33. The molecule has 0 amide bonds. The van der Waals surface area contributed by atoms with Gasteiger partial charge in [0.2, 0.25) is 5.78 Å². The van der Waals surface area contributed by atoms with E-state index in [2.05, 4.69) is 25.9 Å². The maximum absolute atomic E-state index is 10.7. The van der Waals surface area contributed by atoms with Gasteiger partial charge in [-0.05, 0) is 28.1 Å². The maximum atomic E-state index is 10.7. The molecule has 0 unspecified atom stereocenters. The number of para-hydroxylation sites is 1. The van der Waals surface area contributed by atoms with Crippen molar-refractivity contribution in [2.75, 3.05) is 0 Å². The van der Waals surface area contributed by atoms with Crippen LogP contribution in [0.15, 0.2) is 22.8 Å². The van der Waals surface area contributed by atoms with Crippen LogP contribution in [0.5, 0.6) is 0 Å². The number of nitrogens with zero attached hydrogens (tertiary/aromatic N) is 2. The molecule has 0 aliphatic heterocycles. The van der Waals surface area contributed by atoms with E-state index < -0.39 is 5.97 Å². The highest BCUT2D eigenvalue weighted by atomic mass is 79.9. The molecule has 0 bridgehead atoms. The third-order valence-corrected chi connectivity index (χ3v) is 3.81. The molecule has 92 valence electrons. The molecule has 3 rings (SSSR count). The predicted octanol–water partition coefficient (Wildman–Crippen LogP) is 2.86. The molecule has 18 heavy (non-hydrogen) atoms. The van der Waals surface area contributed by atoms with Crippen LogP contribution in [0.2, 0.25) is 5.02 Å². The molecule has 0 saturated carbocycles. The first kappa shape index (κ1) is 11.6. The van der Waals surface area contributed by atoms with E-state index in [-0.39, 0.29) is 6.42 Å². The third-order valence-electron chi connectivity index (χ3n) is 2.67. The fourth-order valence-electron chi connectivity index (χ4n) is 1.94. The number of aromatic nitrogens is 3. The molecule has 7 heteroatoms. The Morgan fingerprint density at radius 3 is 3.06 bits per heavy atom. The maximum Gasteiger partial charge on any atom is 0.309 e. The molecule has 0 spiro atoms. The molecule has 0 atom stereocenters. The van der Waals surface area contributed by atoms with Crippen LogP contribution < -0.4 is 0 Å². The molecule has 0 aliphatic carbocycles. The largest absolute Gasteiger partial charge is 0.481 e. The summed E-state index contributed by atoms with van der Waals surface area (Å²) in [5.41, 5.74) is 2.09. The van der Waals surface area contributed by atoms with Crippen molar-refractivity contribution >= 4 is 50.3 Å². The Hall–Kier alpha value is -1.53. The van der Waals surface area contributed by atoms with E-state index in [9.17, 15) is 4.79 Å². The van der Waals surface area contributed by atoms with Crippen molar-refractivity contribution < 1.29 is 9.90 Å². The number of benzene rings is 1. The number of aliphatic carboxylic acids is 1. The fourth-order valence-corrected chi connectivity index (χ4v) is 2.75. The number of aromatic amines is 1. The van der Waals surface area contributed by atoms with Gasteiger partial charge in [-0.1, -0.05) is 17.7 Å². The van der Waals surface area contributed by atoms with Crippen molar-refractivity contribution in [2.45, 2.75) is 6.42 Å². The van der Waals surface area contributed by atoms with Crippen molar-refractivity contribution in [2.24, 2.45) is 0 Å². The van der Waals surface area contributed by atoms with Gasteiger partial charge in [-0.25, -0.2) is 4.98 Å². The first-order chi connectivity index (χ1) is 8.58. The van der Waals surface area contributed by atoms with Gasteiger partial charge < -0.3 is 10.1 Å². The number of imidazole rings is 2. The Labute approximate surface area is 115 Å². The van der Waals surface area contributed by atoms with Crippen molar-refractivity contribution in [1.29, 1.82) is 0 Å². The van der Waals surface area contributed by atoms with Gasteiger partial charge in [-0.2, -0.15) is 0 Å². The number of hydrogen-bond acceptors (Lipinski definition) is 2. The summed E-state index contributed by atoms with van der Waals surface area (Å²) in [5, 5.41) is 9.39. The van der Waals surface area contributed by atoms with Crippen molar-refractivity contribution in [3.05, 3.63) is 33.5 Å². The number of carboxylic acid groups (broad SMARTS) is 1. The number of H-pyrrole nitrogens is 1. The van der Waals surface area contributed by atoms with Crippen molar-refractivity contribution in [1.82, 2.24) is 14.4 Å². The molecular formula is C11H7BrClN3O2. The lowest BCUT2D eigenvalue weighted by molar-refractivity contribution is -0.136. The zero-order chi connectivity index (χ0) is 12.9. The summed E-state index contributed by atoms with van der Waals surface area (Å²) in [4.78, 5) is 18.1. The fraction of sp³-hybridized carbons (Fsp3) is 0.0909. The van der Waals surface area contributed by atoms with E-state index in [0.29, 0.717) is 26.6 Å². The second kappa shape index (κ2) is 4.00.